The molecule has 0 aliphatic carbocycles. The molecule has 1 aromatic heterocycles. The molecule has 0 bridgehead atoms. The Kier molecular flexibility index (Phi) is 11.5. The lowest BCUT2D eigenvalue weighted by Gasteiger charge is -2.25. The van der Waals surface area contributed by atoms with Crippen LogP contribution in [0.3, 0.4) is 0 Å². The van der Waals surface area contributed by atoms with Gasteiger partial charge in [0, 0.05) is 32.6 Å². The van der Waals surface area contributed by atoms with Gasteiger partial charge in [-0.2, -0.15) is 0 Å². The monoisotopic (exact) mass is 407 g/mol. The van der Waals surface area contributed by atoms with Gasteiger partial charge in [0.1, 0.15) is 5.76 Å². The summed E-state index contributed by atoms with van der Waals surface area (Å²) in [6.07, 6.45) is 6.05. The molecule has 1 rings (SSSR count). The van der Waals surface area contributed by atoms with Gasteiger partial charge < -0.3 is 14.6 Å². The topological polar surface area (TPSA) is 40.8 Å². The van der Waals surface area contributed by atoms with Gasteiger partial charge in [-0.1, -0.05) is 20.3 Å². The first-order valence-corrected chi connectivity index (χ1v) is 7.71. The smallest absolute Gasteiger partial charge is 0.193 e. The Morgan fingerprint density at radius 2 is 2.19 bits per heavy atom. The number of guanidine groups is 1. The lowest BCUT2D eigenvalue weighted by molar-refractivity contribution is 0.449. The number of furan rings is 1. The maximum Gasteiger partial charge on any atom is 0.193 e. The number of hydrogen-bond acceptors (Lipinski definition) is 2. The van der Waals surface area contributed by atoms with E-state index in [2.05, 4.69) is 38.0 Å². The minimum atomic E-state index is 0. The molecular weight excluding hydrogens is 377 g/mol. The highest BCUT2D eigenvalue weighted by molar-refractivity contribution is 14.0. The van der Waals surface area contributed by atoms with Crippen LogP contribution in [-0.4, -0.2) is 37.0 Å². The second-order valence-corrected chi connectivity index (χ2v) is 5.26. The van der Waals surface area contributed by atoms with Gasteiger partial charge in [-0.15, -0.1) is 24.0 Å². The Morgan fingerprint density at radius 3 is 2.76 bits per heavy atom. The van der Waals surface area contributed by atoms with Crippen LogP contribution in [-0.2, 0) is 6.42 Å². The summed E-state index contributed by atoms with van der Waals surface area (Å²) < 4.78 is 5.34. The predicted molar refractivity (Wildman–Crippen MR) is 101 cm³/mol. The molecule has 1 unspecified atom stereocenters. The number of unbranched alkanes of at least 4 members (excludes halogenated alkanes) is 1. The van der Waals surface area contributed by atoms with E-state index < -0.39 is 0 Å². The highest BCUT2D eigenvalue weighted by atomic mass is 127. The number of nitrogens with one attached hydrogen (secondary N) is 1. The zero-order valence-corrected chi connectivity index (χ0v) is 16.1. The normalized spacial score (nSPS) is 12.7. The number of nitrogens with zero attached hydrogens (tertiary/aromatic N) is 2. The zero-order valence-electron chi connectivity index (χ0n) is 13.8. The van der Waals surface area contributed by atoms with Crippen molar-refractivity contribution in [3.8, 4) is 0 Å². The number of rotatable bonds is 8. The third-order valence-electron chi connectivity index (χ3n) is 3.40. The van der Waals surface area contributed by atoms with Gasteiger partial charge in [-0.3, -0.25) is 4.99 Å². The van der Waals surface area contributed by atoms with Crippen molar-refractivity contribution in [2.45, 2.75) is 52.5 Å². The summed E-state index contributed by atoms with van der Waals surface area (Å²) in [7, 11) is 2.11. The Bertz CT molecular complexity index is 379. The Hall–Kier alpha value is -0.720. The SMILES string of the molecule is CCCCN(C)C(=NCCc1ccco1)NC(C)CC.I. The molecule has 21 heavy (non-hydrogen) atoms. The molecule has 1 atom stereocenters. The Morgan fingerprint density at radius 1 is 1.43 bits per heavy atom. The van der Waals surface area contributed by atoms with E-state index in [1.165, 1.54) is 12.8 Å². The third kappa shape index (κ3) is 8.34. The first-order chi connectivity index (χ1) is 9.67. The minimum absolute atomic E-state index is 0. The van der Waals surface area contributed by atoms with Gasteiger partial charge in [0.05, 0.1) is 6.26 Å². The average molecular weight is 407 g/mol. The van der Waals surface area contributed by atoms with Crippen molar-refractivity contribution in [3.63, 3.8) is 0 Å². The summed E-state index contributed by atoms with van der Waals surface area (Å²) in [5, 5.41) is 3.50. The van der Waals surface area contributed by atoms with Gasteiger partial charge in [0.2, 0.25) is 0 Å². The Labute approximate surface area is 146 Å². The minimum Gasteiger partial charge on any atom is -0.469 e. The van der Waals surface area contributed by atoms with Crippen LogP contribution in [0, 0.1) is 0 Å². The van der Waals surface area contributed by atoms with Crippen molar-refractivity contribution < 1.29 is 4.42 Å². The van der Waals surface area contributed by atoms with Crippen LogP contribution in [0.4, 0.5) is 0 Å². The molecular formula is C16H30IN3O. The first-order valence-electron chi connectivity index (χ1n) is 7.71. The van der Waals surface area contributed by atoms with Crippen molar-refractivity contribution in [1.29, 1.82) is 0 Å². The summed E-state index contributed by atoms with van der Waals surface area (Å²) in [6.45, 7) is 8.38. The maximum absolute atomic E-state index is 5.34. The van der Waals surface area contributed by atoms with Crippen LogP contribution in [0.2, 0.25) is 0 Å². The van der Waals surface area contributed by atoms with Gasteiger partial charge in [-0.25, -0.2) is 0 Å². The van der Waals surface area contributed by atoms with Crippen molar-refractivity contribution in [3.05, 3.63) is 24.2 Å². The quantitative estimate of drug-likeness (QED) is 0.404. The largest absolute Gasteiger partial charge is 0.469 e. The standard InChI is InChI=1S/C16H29N3O.HI/c1-5-7-12-19(4)16(18-14(3)6-2)17-11-10-15-9-8-13-20-15;/h8-9,13-14H,5-7,10-12H2,1-4H3,(H,17,18);1H. The molecule has 1 heterocycles. The number of hydrogen-bond donors (Lipinski definition) is 1. The van der Waals surface area contributed by atoms with E-state index in [1.807, 2.05) is 12.1 Å². The zero-order chi connectivity index (χ0) is 14.8. The van der Waals surface area contributed by atoms with Crippen LogP contribution in [0.5, 0.6) is 0 Å². The molecule has 122 valence electrons. The molecule has 0 aliphatic heterocycles. The molecule has 0 saturated carbocycles. The van der Waals surface area contributed by atoms with Crippen LogP contribution >= 0.6 is 24.0 Å². The number of aliphatic imine (C=N–C) groups is 1. The summed E-state index contributed by atoms with van der Waals surface area (Å²) in [6, 6.07) is 4.37. The second-order valence-electron chi connectivity index (χ2n) is 5.26. The molecule has 0 amide bonds. The van der Waals surface area contributed by atoms with Gasteiger partial charge in [0.25, 0.3) is 0 Å². The van der Waals surface area contributed by atoms with Gasteiger partial charge >= 0.3 is 0 Å². The molecule has 0 spiro atoms. The summed E-state index contributed by atoms with van der Waals surface area (Å²) in [5.41, 5.74) is 0. The summed E-state index contributed by atoms with van der Waals surface area (Å²) >= 11 is 0. The molecule has 0 radical (unpaired) electrons. The van der Waals surface area contributed by atoms with E-state index in [0.717, 1.165) is 37.7 Å². The Balaban J connectivity index is 0.00000400. The van der Waals surface area contributed by atoms with Crippen LogP contribution < -0.4 is 5.32 Å². The lowest BCUT2D eigenvalue weighted by Crippen LogP contribution is -2.43. The first kappa shape index (κ1) is 20.3. The van der Waals surface area contributed by atoms with Gasteiger partial charge in [-0.05, 0) is 31.9 Å². The highest BCUT2D eigenvalue weighted by Gasteiger charge is 2.08. The molecule has 0 aliphatic rings. The third-order valence-corrected chi connectivity index (χ3v) is 3.40. The molecule has 1 aromatic rings. The van der Waals surface area contributed by atoms with Crippen molar-refractivity contribution >= 4 is 29.9 Å². The summed E-state index contributed by atoms with van der Waals surface area (Å²) in [5.74, 6) is 1.99. The van der Waals surface area contributed by atoms with Gasteiger partial charge in [0.15, 0.2) is 5.96 Å². The van der Waals surface area contributed by atoms with Crippen molar-refractivity contribution in [2.24, 2.45) is 4.99 Å². The molecule has 1 N–H and O–H groups in total. The highest BCUT2D eigenvalue weighted by Crippen LogP contribution is 2.02. The van der Waals surface area contributed by atoms with Crippen LogP contribution in [0.15, 0.2) is 27.8 Å². The summed E-state index contributed by atoms with van der Waals surface area (Å²) in [4.78, 5) is 6.93. The van der Waals surface area contributed by atoms with E-state index in [4.69, 9.17) is 9.41 Å². The fourth-order valence-corrected chi connectivity index (χ4v) is 1.83. The predicted octanol–water partition coefficient (Wildman–Crippen LogP) is 3.92. The lowest BCUT2D eigenvalue weighted by atomic mass is 10.2. The number of halogens is 1. The average Bonchev–Trinajstić information content (AvgIpc) is 2.96. The maximum atomic E-state index is 5.34. The molecule has 0 aromatic carbocycles. The van der Waals surface area contributed by atoms with Crippen LogP contribution in [0.1, 0.15) is 45.8 Å². The molecule has 0 fully saturated rings. The van der Waals surface area contributed by atoms with Crippen molar-refractivity contribution in [2.75, 3.05) is 20.1 Å². The van der Waals surface area contributed by atoms with E-state index in [0.29, 0.717) is 6.04 Å². The van der Waals surface area contributed by atoms with E-state index in [9.17, 15) is 0 Å². The fourth-order valence-electron chi connectivity index (χ4n) is 1.83. The second kappa shape index (κ2) is 11.9. The molecule has 5 heteroatoms. The molecule has 4 nitrogen and oxygen atoms in total. The van der Waals surface area contributed by atoms with E-state index in [-0.39, 0.29) is 24.0 Å². The van der Waals surface area contributed by atoms with E-state index >= 15 is 0 Å². The van der Waals surface area contributed by atoms with E-state index in [1.54, 1.807) is 6.26 Å². The van der Waals surface area contributed by atoms with Crippen LogP contribution in [0.25, 0.3) is 0 Å². The molecule has 0 saturated heterocycles. The fraction of sp³-hybridized carbons (Fsp3) is 0.688. The van der Waals surface area contributed by atoms with Crippen molar-refractivity contribution in [1.82, 2.24) is 10.2 Å².